The van der Waals surface area contributed by atoms with Crippen molar-refractivity contribution in [3.63, 3.8) is 0 Å². The Kier molecular flexibility index (Phi) is 3.62. The van der Waals surface area contributed by atoms with Gasteiger partial charge >= 0.3 is 0 Å². The molecule has 1 amide bonds. The molecule has 1 atom stereocenters. The highest BCUT2D eigenvalue weighted by Crippen LogP contribution is 2.00. The van der Waals surface area contributed by atoms with Crippen molar-refractivity contribution >= 4 is 15.9 Å². The first kappa shape index (κ1) is 11.3. The van der Waals surface area contributed by atoms with E-state index in [1.165, 1.54) is 19.5 Å². The molecular formula is C5H12N2O4S. The summed E-state index contributed by atoms with van der Waals surface area (Å²) in [6.45, 7) is 1.37. The van der Waals surface area contributed by atoms with Gasteiger partial charge in [-0.2, -0.15) is 4.31 Å². The van der Waals surface area contributed by atoms with Gasteiger partial charge in [-0.05, 0) is 6.92 Å². The number of amides is 1. The second-order valence-corrected chi connectivity index (χ2v) is 4.47. The van der Waals surface area contributed by atoms with E-state index in [-0.39, 0.29) is 0 Å². The lowest BCUT2D eigenvalue weighted by Gasteiger charge is -2.19. The highest BCUT2D eigenvalue weighted by molar-refractivity contribution is 7.88. The highest BCUT2D eigenvalue weighted by atomic mass is 32.2. The summed E-state index contributed by atoms with van der Waals surface area (Å²) in [6.07, 6.45) is 0.980. The maximum Gasteiger partial charge on any atom is 0.261 e. The van der Waals surface area contributed by atoms with Crippen molar-refractivity contribution in [3.8, 4) is 0 Å². The highest BCUT2D eigenvalue weighted by Gasteiger charge is 2.23. The molecule has 0 saturated heterocycles. The van der Waals surface area contributed by atoms with Gasteiger partial charge in [-0.25, -0.2) is 13.9 Å². The van der Waals surface area contributed by atoms with Gasteiger partial charge < -0.3 is 0 Å². The smallest absolute Gasteiger partial charge is 0.261 e. The lowest BCUT2D eigenvalue weighted by atomic mass is 10.3. The first-order valence-electron chi connectivity index (χ1n) is 3.17. The molecule has 0 saturated carbocycles. The molecule has 12 heavy (non-hydrogen) atoms. The number of rotatable bonds is 3. The molecule has 7 heteroatoms. The summed E-state index contributed by atoms with van der Waals surface area (Å²) in [5.74, 6) is -0.761. The normalized spacial score (nSPS) is 14.4. The summed E-state index contributed by atoms with van der Waals surface area (Å²) < 4.78 is 22.6. The molecule has 0 aliphatic carbocycles. The van der Waals surface area contributed by atoms with E-state index in [0.717, 1.165) is 10.6 Å². The largest absolute Gasteiger partial charge is 0.289 e. The molecule has 0 fully saturated rings. The van der Waals surface area contributed by atoms with Crippen molar-refractivity contribution in [3.05, 3.63) is 0 Å². The van der Waals surface area contributed by atoms with Gasteiger partial charge in [0.2, 0.25) is 10.0 Å². The molecule has 0 aliphatic rings. The Morgan fingerprint density at radius 2 is 2.00 bits per heavy atom. The van der Waals surface area contributed by atoms with Crippen molar-refractivity contribution in [2.75, 3.05) is 13.3 Å². The lowest BCUT2D eigenvalue weighted by molar-refractivity contribution is -0.132. The maximum absolute atomic E-state index is 10.9. The fraction of sp³-hybridized carbons (Fsp3) is 0.800. The van der Waals surface area contributed by atoms with E-state index >= 15 is 0 Å². The van der Waals surface area contributed by atoms with Crippen LogP contribution in [-0.2, 0) is 14.8 Å². The zero-order valence-electron chi connectivity index (χ0n) is 7.10. The average molecular weight is 196 g/mol. The third-order valence-corrected chi connectivity index (χ3v) is 2.92. The number of nitrogens with one attached hydrogen (secondary N) is 1. The zero-order chi connectivity index (χ0) is 9.94. The van der Waals surface area contributed by atoms with Gasteiger partial charge in [0.05, 0.1) is 6.26 Å². The van der Waals surface area contributed by atoms with Crippen LogP contribution in [0.3, 0.4) is 0 Å². The second kappa shape index (κ2) is 3.83. The number of sulfonamides is 1. The number of nitrogens with zero attached hydrogens (tertiary/aromatic N) is 1. The topological polar surface area (TPSA) is 86.7 Å². The number of likely N-dealkylation sites (N-methyl/N-ethyl adjacent to an activating group) is 1. The van der Waals surface area contributed by atoms with E-state index in [0.29, 0.717) is 0 Å². The zero-order valence-corrected chi connectivity index (χ0v) is 7.92. The van der Waals surface area contributed by atoms with E-state index in [9.17, 15) is 13.2 Å². The molecule has 72 valence electrons. The Labute approximate surface area is 71.2 Å². The molecule has 0 aromatic carbocycles. The predicted molar refractivity (Wildman–Crippen MR) is 42.0 cm³/mol. The first-order chi connectivity index (χ1) is 5.30. The van der Waals surface area contributed by atoms with E-state index in [4.69, 9.17) is 5.21 Å². The van der Waals surface area contributed by atoms with E-state index in [2.05, 4.69) is 0 Å². The molecule has 0 spiro atoms. The molecule has 0 aromatic rings. The van der Waals surface area contributed by atoms with Crippen molar-refractivity contribution in [1.82, 2.24) is 9.79 Å². The fourth-order valence-corrected chi connectivity index (χ4v) is 1.22. The van der Waals surface area contributed by atoms with Crippen LogP contribution in [0.2, 0.25) is 0 Å². The predicted octanol–water partition coefficient (Wildman–Crippen LogP) is -1.23. The van der Waals surface area contributed by atoms with E-state index in [1.54, 1.807) is 0 Å². The lowest BCUT2D eigenvalue weighted by Crippen LogP contribution is -2.44. The molecule has 0 bridgehead atoms. The van der Waals surface area contributed by atoms with Crippen LogP contribution >= 0.6 is 0 Å². The average Bonchev–Trinajstić information content (AvgIpc) is 1.98. The standard InChI is InChI=1S/C5H12N2O4S/c1-4(5(8)6-9)7(2)12(3,10)11/h4,9H,1-3H3,(H,6,8). The Morgan fingerprint density at radius 1 is 1.58 bits per heavy atom. The number of hydrogen-bond acceptors (Lipinski definition) is 4. The fourth-order valence-electron chi connectivity index (χ4n) is 0.546. The third kappa shape index (κ3) is 2.76. The molecule has 1 unspecified atom stereocenters. The summed E-state index contributed by atoms with van der Waals surface area (Å²) >= 11 is 0. The number of carbonyl (C=O) groups excluding carboxylic acids is 1. The van der Waals surface area contributed by atoms with Crippen LogP contribution in [0, 0.1) is 0 Å². The van der Waals surface area contributed by atoms with Crippen molar-refractivity contribution < 1.29 is 18.4 Å². The van der Waals surface area contributed by atoms with Crippen LogP contribution in [0.15, 0.2) is 0 Å². The first-order valence-corrected chi connectivity index (χ1v) is 5.02. The minimum Gasteiger partial charge on any atom is -0.289 e. The minimum absolute atomic E-state index is 0.761. The monoisotopic (exact) mass is 196 g/mol. The molecule has 0 aromatic heterocycles. The van der Waals surface area contributed by atoms with Gasteiger partial charge in [-0.15, -0.1) is 0 Å². The summed E-state index contributed by atoms with van der Waals surface area (Å²) in [5, 5.41) is 8.20. The Bertz CT molecular complexity index is 261. The molecular weight excluding hydrogens is 184 g/mol. The van der Waals surface area contributed by atoms with Crippen molar-refractivity contribution in [1.29, 1.82) is 0 Å². The molecule has 0 aliphatic heterocycles. The summed E-state index contributed by atoms with van der Waals surface area (Å²) in [4.78, 5) is 10.7. The summed E-state index contributed by atoms with van der Waals surface area (Å²) in [6, 6.07) is -0.912. The van der Waals surface area contributed by atoms with E-state index < -0.39 is 22.0 Å². The van der Waals surface area contributed by atoms with Crippen LogP contribution in [0.25, 0.3) is 0 Å². The molecule has 6 nitrogen and oxygen atoms in total. The van der Waals surface area contributed by atoms with Crippen LogP contribution in [-0.4, -0.2) is 43.2 Å². The third-order valence-electron chi connectivity index (χ3n) is 1.56. The molecule has 2 N–H and O–H groups in total. The number of hydroxylamine groups is 1. The van der Waals surface area contributed by atoms with Crippen LogP contribution in [0.1, 0.15) is 6.92 Å². The van der Waals surface area contributed by atoms with Crippen LogP contribution in [0.5, 0.6) is 0 Å². The Hall–Kier alpha value is -0.660. The molecule has 0 heterocycles. The minimum atomic E-state index is -3.40. The van der Waals surface area contributed by atoms with Crippen molar-refractivity contribution in [2.24, 2.45) is 0 Å². The van der Waals surface area contributed by atoms with Gasteiger partial charge in [0.25, 0.3) is 5.91 Å². The van der Waals surface area contributed by atoms with Gasteiger partial charge in [0.15, 0.2) is 0 Å². The van der Waals surface area contributed by atoms with Crippen molar-refractivity contribution in [2.45, 2.75) is 13.0 Å². The maximum atomic E-state index is 10.9. The van der Waals surface area contributed by atoms with Gasteiger partial charge in [0, 0.05) is 7.05 Å². The Morgan fingerprint density at radius 3 is 2.25 bits per heavy atom. The van der Waals surface area contributed by atoms with Gasteiger partial charge in [-0.3, -0.25) is 10.0 Å². The molecule has 0 rings (SSSR count). The number of hydrogen-bond donors (Lipinski definition) is 2. The van der Waals surface area contributed by atoms with Crippen LogP contribution in [0.4, 0.5) is 0 Å². The molecule has 0 radical (unpaired) electrons. The van der Waals surface area contributed by atoms with E-state index in [1.807, 2.05) is 0 Å². The quantitative estimate of drug-likeness (QED) is 0.437. The van der Waals surface area contributed by atoms with Crippen LogP contribution < -0.4 is 5.48 Å². The van der Waals surface area contributed by atoms with Gasteiger partial charge in [0.1, 0.15) is 6.04 Å². The summed E-state index contributed by atoms with van der Waals surface area (Å²) in [5.41, 5.74) is 1.37. The SMILES string of the molecule is CC(C(=O)NO)N(C)S(C)(=O)=O. The Balaban J connectivity index is 4.51. The second-order valence-electron chi connectivity index (χ2n) is 2.43. The summed E-state index contributed by atoms with van der Waals surface area (Å²) in [7, 11) is -2.14. The number of carbonyl (C=O) groups is 1. The van der Waals surface area contributed by atoms with Gasteiger partial charge in [-0.1, -0.05) is 0 Å².